The lowest BCUT2D eigenvalue weighted by Gasteiger charge is -2.17. The van der Waals surface area contributed by atoms with Crippen LogP contribution in [0.4, 0.5) is 10.2 Å². The van der Waals surface area contributed by atoms with Crippen LogP contribution in [0, 0.1) is 0 Å². The quantitative estimate of drug-likeness (QED) is 0.683. The molecule has 1 aliphatic rings. The van der Waals surface area contributed by atoms with Crippen molar-refractivity contribution in [3.05, 3.63) is 33.6 Å². The lowest BCUT2D eigenvalue weighted by atomic mass is 10.1. The lowest BCUT2D eigenvalue weighted by Crippen LogP contribution is -2.32. The minimum absolute atomic E-state index is 0.00590. The van der Waals surface area contributed by atoms with E-state index in [-0.39, 0.29) is 22.7 Å². The van der Waals surface area contributed by atoms with Gasteiger partial charge >= 0.3 is 5.69 Å². The molecular weight excluding hydrogens is 281 g/mol. The van der Waals surface area contributed by atoms with Crippen molar-refractivity contribution in [3.63, 3.8) is 0 Å². The SMILES string of the molecule is Nc1nc(=O)n(C2OC(CO)/C(=C/F)C2O)cc1Cl. The Balaban J connectivity index is 2.44. The molecule has 3 unspecified atom stereocenters. The van der Waals surface area contributed by atoms with Gasteiger partial charge in [0.15, 0.2) is 6.23 Å². The van der Waals surface area contributed by atoms with Gasteiger partial charge in [0, 0.05) is 11.8 Å². The van der Waals surface area contributed by atoms with Gasteiger partial charge in [0.05, 0.1) is 18.0 Å². The number of rotatable bonds is 2. The normalized spacial score (nSPS) is 29.1. The molecule has 0 saturated carbocycles. The topological polar surface area (TPSA) is 111 Å². The zero-order valence-corrected chi connectivity index (χ0v) is 10.3. The van der Waals surface area contributed by atoms with Crippen LogP contribution >= 0.6 is 11.6 Å². The number of hydrogen-bond donors (Lipinski definition) is 3. The van der Waals surface area contributed by atoms with Gasteiger partial charge in [0.2, 0.25) is 0 Å². The summed E-state index contributed by atoms with van der Waals surface area (Å²) in [7, 11) is 0. The number of ether oxygens (including phenoxy) is 1. The molecule has 19 heavy (non-hydrogen) atoms. The van der Waals surface area contributed by atoms with Crippen LogP contribution in [-0.4, -0.2) is 38.6 Å². The van der Waals surface area contributed by atoms with Crippen molar-refractivity contribution in [1.82, 2.24) is 9.55 Å². The molecule has 0 aromatic carbocycles. The Hall–Kier alpha value is -1.48. The smallest absolute Gasteiger partial charge is 0.351 e. The van der Waals surface area contributed by atoms with Crippen molar-refractivity contribution in [2.75, 3.05) is 12.3 Å². The van der Waals surface area contributed by atoms with Crippen LogP contribution in [0.5, 0.6) is 0 Å². The Bertz CT molecular complexity index is 576. The van der Waals surface area contributed by atoms with E-state index in [9.17, 15) is 14.3 Å². The third-order valence-electron chi connectivity index (χ3n) is 2.79. The van der Waals surface area contributed by atoms with Gasteiger partial charge in [-0.25, -0.2) is 9.18 Å². The Kier molecular flexibility index (Phi) is 3.85. The van der Waals surface area contributed by atoms with E-state index < -0.39 is 30.7 Å². The van der Waals surface area contributed by atoms with Crippen molar-refractivity contribution < 1.29 is 19.3 Å². The second-order valence-corrected chi connectivity index (χ2v) is 4.32. The number of hydrogen-bond acceptors (Lipinski definition) is 6. The van der Waals surface area contributed by atoms with Crippen LogP contribution < -0.4 is 11.4 Å². The molecule has 1 aliphatic heterocycles. The van der Waals surface area contributed by atoms with E-state index in [0.717, 1.165) is 10.8 Å². The van der Waals surface area contributed by atoms with E-state index in [4.69, 9.17) is 27.2 Å². The number of nitrogens with zero attached hydrogens (tertiary/aromatic N) is 2. The van der Waals surface area contributed by atoms with Gasteiger partial charge in [-0.3, -0.25) is 4.57 Å². The van der Waals surface area contributed by atoms with Crippen LogP contribution in [0.15, 0.2) is 22.9 Å². The molecule has 0 bridgehead atoms. The van der Waals surface area contributed by atoms with Gasteiger partial charge < -0.3 is 20.7 Å². The Morgan fingerprint density at radius 1 is 1.68 bits per heavy atom. The van der Waals surface area contributed by atoms with E-state index >= 15 is 0 Å². The van der Waals surface area contributed by atoms with Gasteiger partial charge in [0.25, 0.3) is 0 Å². The first-order valence-corrected chi connectivity index (χ1v) is 5.66. The summed E-state index contributed by atoms with van der Waals surface area (Å²) in [5.41, 5.74) is 4.40. The average molecular weight is 292 g/mol. The van der Waals surface area contributed by atoms with Crippen LogP contribution in [0.2, 0.25) is 5.02 Å². The van der Waals surface area contributed by atoms with Crippen molar-refractivity contribution in [3.8, 4) is 0 Å². The molecule has 0 aliphatic carbocycles. The second kappa shape index (κ2) is 5.25. The maximum atomic E-state index is 12.7. The molecule has 4 N–H and O–H groups in total. The van der Waals surface area contributed by atoms with Crippen LogP contribution in [0.25, 0.3) is 0 Å². The zero-order valence-electron chi connectivity index (χ0n) is 9.53. The first-order valence-electron chi connectivity index (χ1n) is 5.28. The summed E-state index contributed by atoms with van der Waals surface area (Å²) in [5.74, 6) is -0.157. The highest BCUT2D eigenvalue weighted by Crippen LogP contribution is 2.33. The molecule has 2 heterocycles. The van der Waals surface area contributed by atoms with Crippen molar-refractivity contribution in [2.45, 2.75) is 18.4 Å². The fourth-order valence-electron chi connectivity index (χ4n) is 1.82. The molecule has 1 aromatic rings. The zero-order chi connectivity index (χ0) is 14.2. The standard InChI is InChI=1S/C10H11ClFN3O4/c11-5-2-15(10(18)14-8(5)13)9-7(17)4(1-12)6(3-16)19-9/h1-2,6-7,9,16-17H,3H2,(H2,13,14,18)/b4-1-. The molecule has 9 heteroatoms. The van der Waals surface area contributed by atoms with E-state index in [2.05, 4.69) is 4.98 Å². The second-order valence-electron chi connectivity index (χ2n) is 3.92. The van der Waals surface area contributed by atoms with Gasteiger partial charge in [-0.1, -0.05) is 11.6 Å². The summed E-state index contributed by atoms with van der Waals surface area (Å²) in [6.07, 6.45) is -2.41. The summed E-state index contributed by atoms with van der Waals surface area (Å²) >= 11 is 5.73. The predicted molar refractivity (Wildman–Crippen MR) is 64.1 cm³/mol. The van der Waals surface area contributed by atoms with E-state index in [1.54, 1.807) is 0 Å². The van der Waals surface area contributed by atoms with E-state index in [0.29, 0.717) is 0 Å². The number of aliphatic hydroxyl groups is 2. The Labute approximate surface area is 111 Å². The molecule has 1 fully saturated rings. The summed E-state index contributed by atoms with van der Waals surface area (Å²) in [5, 5.41) is 18.9. The molecule has 1 saturated heterocycles. The van der Waals surface area contributed by atoms with E-state index in [1.807, 2.05) is 0 Å². The average Bonchev–Trinajstić information content (AvgIpc) is 2.70. The Morgan fingerprint density at radius 3 is 2.89 bits per heavy atom. The first-order chi connectivity index (χ1) is 8.99. The number of nitrogens with two attached hydrogens (primary N) is 1. The molecule has 3 atom stereocenters. The number of anilines is 1. The van der Waals surface area contributed by atoms with E-state index in [1.165, 1.54) is 0 Å². The third kappa shape index (κ3) is 2.35. The summed E-state index contributed by atoms with van der Waals surface area (Å²) < 4.78 is 18.8. The molecule has 2 rings (SSSR count). The maximum Gasteiger partial charge on any atom is 0.351 e. The van der Waals surface area contributed by atoms with Crippen molar-refractivity contribution >= 4 is 17.4 Å². The number of halogens is 2. The third-order valence-corrected chi connectivity index (χ3v) is 3.08. The minimum atomic E-state index is -1.43. The molecule has 104 valence electrons. The van der Waals surface area contributed by atoms with Gasteiger partial charge in [-0.2, -0.15) is 4.98 Å². The lowest BCUT2D eigenvalue weighted by molar-refractivity contribution is -0.0526. The van der Waals surface area contributed by atoms with Crippen molar-refractivity contribution in [1.29, 1.82) is 0 Å². The van der Waals surface area contributed by atoms with Crippen LogP contribution in [0.1, 0.15) is 6.23 Å². The summed E-state index contributed by atoms with van der Waals surface area (Å²) in [6.45, 7) is -0.534. The van der Waals surface area contributed by atoms with Crippen molar-refractivity contribution in [2.24, 2.45) is 0 Å². The van der Waals surface area contributed by atoms with Crippen LogP contribution in [0.3, 0.4) is 0 Å². The Morgan fingerprint density at radius 2 is 2.37 bits per heavy atom. The highest BCUT2D eigenvalue weighted by atomic mass is 35.5. The molecule has 0 amide bonds. The highest BCUT2D eigenvalue weighted by molar-refractivity contribution is 6.32. The van der Waals surface area contributed by atoms with Gasteiger partial charge in [-0.15, -0.1) is 0 Å². The minimum Gasteiger partial charge on any atom is -0.393 e. The van der Waals surface area contributed by atoms with Gasteiger partial charge in [0.1, 0.15) is 18.0 Å². The highest BCUT2D eigenvalue weighted by Gasteiger charge is 2.40. The summed E-state index contributed by atoms with van der Waals surface area (Å²) in [4.78, 5) is 15.1. The summed E-state index contributed by atoms with van der Waals surface area (Å²) in [6, 6.07) is 0. The van der Waals surface area contributed by atoms with Crippen LogP contribution in [-0.2, 0) is 4.74 Å². The molecule has 0 spiro atoms. The van der Waals surface area contributed by atoms with Gasteiger partial charge in [-0.05, 0) is 0 Å². The molecular formula is C10H11ClFN3O4. The predicted octanol–water partition coefficient (Wildman–Crippen LogP) is -0.417. The largest absolute Gasteiger partial charge is 0.393 e. The number of aliphatic hydroxyl groups excluding tert-OH is 2. The number of aromatic nitrogens is 2. The molecule has 1 aromatic heterocycles. The fourth-order valence-corrected chi connectivity index (χ4v) is 1.96. The monoisotopic (exact) mass is 291 g/mol. The fraction of sp³-hybridized carbons (Fsp3) is 0.400. The number of nitrogen functional groups attached to an aromatic ring is 1. The molecule has 0 radical (unpaired) electrons. The first kappa shape index (κ1) is 13.9. The molecule has 7 nitrogen and oxygen atoms in total. The maximum absolute atomic E-state index is 12.7.